The summed E-state index contributed by atoms with van der Waals surface area (Å²) >= 11 is 0. The van der Waals surface area contributed by atoms with Gasteiger partial charge >= 0.3 is 0 Å². The Labute approximate surface area is 136 Å². The van der Waals surface area contributed by atoms with Crippen LogP contribution in [0.15, 0.2) is 39.9 Å². The lowest BCUT2D eigenvalue weighted by Gasteiger charge is -2.31. The van der Waals surface area contributed by atoms with Gasteiger partial charge in [-0.15, -0.1) is 0 Å². The van der Waals surface area contributed by atoms with Crippen LogP contribution in [0.4, 0.5) is 0 Å². The van der Waals surface area contributed by atoms with E-state index in [2.05, 4.69) is 11.9 Å². The minimum atomic E-state index is -0.326. The Hall–Kier alpha value is -2.01. The number of furan rings is 1. The molecule has 0 aliphatic heterocycles. The molecule has 1 saturated carbocycles. The number of hydrogen-bond acceptors (Lipinski definition) is 4. The molecule has 2 aromatic rings. The molecule has 0 bridgehead atoms. The van der Waals surface area contributed by atoms with E-state index in [1.165, 1.54) is 44.4 Å². The average molecular weight is 316 g/mol. The summed E-state index contributed by atoms with van der Waals surface area (Å²) in [5.41, 5.74) is 0.574. The summed E-state index contributed by atoms with van der Waals surface area (Å²) in [4.78, 5) is 14.2. The lowest BCUT2D eigenvalue weighted by atomic mass is 9.94. The van der Waals surface area contributed by atoms with Crippen LogP contribution < -0.4 is 5.43 Å². The van der Waals surface area contributed by atoms with Gasteiger partial charge in [-0.1, -0.05) is 19.3 Å². The van der Waals surface area contributed by atoms with Crippen molar-refractivity contribution in [1.29, 1.82) is 0 Å². The Morgan fingerprint density at radius 2 is 2.13 bits per heavy atom. The molecule has 124 valence electrons. The maximum atomic E-state index is 11.8. The van der Waals surface area contributed by atoms with Crippen LogP contribution in [-0.4, -0.2) is 27.7 Å². The van der Waals surface area contributed by atoms with Crippen molar-refractivity contribution in [3.05, 3.63) is 52.3 Å². The highest BCUT2D eigenvalue weighted by molar-refractivity contribution is 5.21. The Morgan fingerprint density at radius 3 is 2.83 bits per heavy atom. The van der Waals surface area contributed by atoms with Crippen molar-refractivity contribution in [2.24, 2.45) is 0 Å². The van der Waals surface area contributed by atoms with Crippen molar-refractivity contribution < 1.29 is 9.52 Å². The van der Waals surface area contributed by atoms with Crippen LogP contribution >= 0.6 is 0 Å². The van der Waals surface area contributed by atoms with Crippen LogP contribution in [0.25, 0.3) is 0 Å². The average Bonchev–Trinajstić information content (AvgIpc) is 3.06. The molecule has 0 saturated heterocycles. The molecule has 1 aliphatic rings. The summed E-state index contributed by atoms with van der Waals surface area (Å²) in [7, 11) is 2.12. The van der Waals surface area contributed by atoms with Gasteiger partial charge in [0.15, 0.2) is 5.75 Å². The standard InChI is InChI=1S/C18H24N2O3/c1-19(14-6-3-2-4-7-14)11-15-10-17(21)18(22)13-20(15)12-16-8-5-9-23-16/h5,8-10,13-14,22H,2-4,6-7,11-12H2,1H3. The van der Waals surface area contributed by atoms with Crippen LogP contribution in [0, 0.1) is 0 Å². The highest BCUT2D eigenvalue weighted by Gasteiger charge is 2.19. The van der Waals surface area contributed by atoms with Crippen molar-refractivity contribution in [3.8, 4) is 5.75 Å². The maximum absolute atomic E-state index is 11.8. The molecule has 5 heteroatoms. The van der Waals surface area contributed by atoms with Crippen LogP contribution in [0.5, 0.6) is 5.75 Å². The van der Waals surface area contributed by atoms with Gasteiger partial charge in [0.2, 0.25) is 5.43 Å². The topological polar surface area (TPSA) is 58.6 Å². The molecule has 5 nitrogen and oxygen atoms in total. The van der Waals surface area contributed by atoms with Crippen molar-refractivity contribution in [2.45, 2.75) is 51.2 Å². The first-order chi connectivity index (χ1) is 11.1. The molecule has 0 atom stereocenters. The van der Waals surface area contributed by atoms with Gasteiger partial charge in [0.05, 0.1) is 19.0 Å². The third-order valence-electron chi connectivity index (χ3n) is 4.71. The van der Waals surface area contributed by atoms with E-state index in [9.17, 15) is 9.90 Å². The lowest BCUT2D eigenvalue weighted by Crippen LogP contribution is -2.34. The summed E-state index contributed by atoms with van der Waals surface area (Å²) in [6.07, 6.45) is 9.47. The van der Waals surface area contributed by atoms with Gasteiger partial charge in [0, 0.05) is 24.3 Å². The molecular formula is C18H24N2O3. The molecule has 2 heterocycles. The molecule has 1 fully saturated rings. The fraction of sp³-hybridized carbons (Fsp3) is 0.500. The SMILES string of the molecule is CN(Cc1cc(=O)c(O)cn1Cc1ccco1)C1CCCCC1. The minimum Gasteiger partial charge on any atom is -0.503 e. The molecule has 2 aromatic heterocycles. The smallest absolute Gasteiger partial charge is 0.223 e. The van der Waals surface area contributed by atoms with E-state index >= 15 is 0 Å². The molecule has 0 spiro atoms. The van der Waals surface area contributed by atoms with E-state index in [4.69, 9.17) is 4.42 Å². The zero-order valence-corrected chi connectivity index (χ0v) is 13.6. The fourth-order valence-electron chi connectivity index (χ4n) is 3.36. The Kier molecular flexibility index (Phi) is 4.86. The molecule has 0 amide bonds. The number of rotatable bonds is 5. The number of hydrogen-bond donors (Lipinski definition) is 1. The predicted molar refractivity (Wildman–Crippen MR) is 88.5 cm³/mol. The van der Waals surface area contributed by atoms with Crippen LogP contribution in [-0.2, 0) is 13.1 Å². The molecule has 23 heavy (non-hydrogen) atoms. The normalized spacial score (nSPS) is 16.1. The number of aromatic nitrogens is 1. The van der Waals surface area contributed by atoms with Gasteiger partial charge in [-0.3, -0.25) is 9.69 Å². The third kappa shape index (κ3) is 3.85. The monoisotopic (exact) mass is 316 g/mol. The van der Waals surface area contributed by atoms with Gasteiger partial charge in [0.25, 0.3) is 0 Å². The Morgan fingerprint density at radius 1 is 1.35 bits per heavy atom. The predicted octanol–water partition coefficient (Wildman–Crippen LogP) is 2.96. The van der Waals surface area contributed by atoms with Crippen molar-refractivity contribution in [3.63, 3.8) is 0 Å². The first-order valence-corrected chi connectivity index (χ1v) is 8.28. The second-order valence-electron chi connectivity index (χ2n) is 6.43. The van der Waals surface area contributed by atoms with E-state index in [-0.39, 0.29) is 11.2 Å². The first kappa shape index (κ1) is 15.9. The second kappa shape index (κ2) is 7.04. The van der Waals surface area contributed by atoms with Crippen LogP contribution in [0.3, 0.4) is 0 Å². The minimum absolute atomic E-state index is 0.222. The van der Waals surface area contributed by atoms with Crippen molar-refractivity contribution >= 4 is 0 Å². The third-order valence-corrected chi connectivity index (χ3v) is 4.71. The fourth-order valence-corrected chi connectivity index (χ4v) is 3.36. The van der Waals surface area contributed by atoms with E-state index < -0.39 is 0 Å². The van der Waals surface area contributed by atoms with Gasteiger partial charge < -0.3 is 14.1 Å². The summed E-state index contributed by atoms with van der Waals surface area (Å²) in [5.74, 6) is 0.579. The molecule has 1 N–H and O–H groups in total. The molecule has 0 radical (unpaired) electrons. The highest BCUT2D eigenvalue weighted by atomic mass is 16.3. The second-order valence-corrected chi connectivity index (χ2v) is 6.43. The van der Waals surface area contributed by atoms with Gasteiger partial charge in [-0.25, -0.2) is 0 Å². The Balaban J connectivity index is 1.81. The van der Waals surface area contributed by atoms with Crippen LogP contribution in [0.1, 0.15) is 43.6 Å². The molecule has 3 rings (SSSR count). The highest BCUT2D eigenvalue weighted by Crippen LogP contribution is 2.23. The molecule has 1 aliphatic carbocycles. The molecule has 0 unspecified atom stereocenters. The summed E-state index contributed by atoms with van der Waals surface area (Å²) in [6.45, 7) is 1.20. The van der Waals surface area contributed by atoms with Gasteiger partial charge in [0.1, 0.15) is 5.76 Å². The van der Waals surface area contributed by atoms with E-state index in [0.717, 1.165) is 11.5 Å². The summed E-state index contributed by atoms with van der Waals surface area (Å²) < 4.78 is 7.29. The molecule has 0 aromatic carbocycles. The van der Waals surface area contributed by atoms with Crippen LogP contribution in [0.2, 0.25) is 0 Å². The van der Waals surface area contributed by atoms with E-state index in [1.54, 1.807) is 6.26 Å². The molecular weight excluding hydrogens is 292 g/mol. The summed E-state index contributed by atoms with van der Waals surface area (Å²) in [6, 6.07) is 5.84. The van der Waals surface area contributed by atoms with Gasteiger partial charge in [-0.05, 0) is 32.0 Å². The Bertz CT molecular complexity index is 685. The number of pyridine rings is 1. The number of nitrogens with zero attached hydrogens (tertiary/aromatic N) is 2. The first-order valence-electron chi connectivity index (χ1n) is 8.28. The largest absolute Gasteiger partial charge is 0.503 e. The summed E-state index contributed by atoms with van der Waals surface area (Å²) in [5, 5.41) is 9.76. The van der Waals surface area contributed by atoms with E-state index in [0.29, 0.717) is 19.1 Å². The maximum Gasteiger partial charge on any atom is 0.223 e. The number of aromatic hydroxyl groups is 1. The quantitative estimate of drug-likeness (QED) is 0.921. The lowest BCUT2D eigenvalue weighted by molar-refractivity contribution is 0.180. The van der Waals surface area contributed by atoms with Crippen molar-refractivity contribution in [2.75, 3.05) is 7.05 Å². The van der Waals surface area contributed by atoms with Gasteiger partial charge in [-0.2, -0.15) is 0 Å². The van der Waals surface area contributed by atoms with E-state index in [1.807, 2.05) is 16.7 Å². The zero-order valence-electron chi connectivity index (χ0n) is 13.6. The zero-order chi connectivity index (χ0) is 16.2. The van der Waals surface area contributed by atoms with Crippen molar-refractivity contribution in [1.82, 2.24) is 9.47 Å².